The lowest BCUT2D eigenvalue weighted by molar-refractivity contribution is -0.123. The average Bonchev–Trinajstić information content (AvgIpc) is 2.91. The normalized spacial score (nSPS) is 11.1. The zero-order valence-electron chi connectivity index (χ0n) is 12.0. The fourth-order valence-corrected chi connectivity index (χ4v) is 1.88. The number of anilines is 1. The summed E-state index contributed by atoms with van der Waals surface area (Å²) in [6.07, 6.45) is -3.17. The Hall–Kier alpha value is -2.77. The van der Waals surface area contributed by atoms with Gasteiger partial charge in [-0.3, -0.25) is 9.59 Å². The Kier molecular flexibility index (Phi) is 4.73. The van der Waals surface area contributed by atoms with E-state index in [0.29, 0.717) is 5.76 Å². The molecule has 23 heavy (non-hydrogen) atoms. The third-order valence-corrected chi connectivity index (χ3v) is 2.97. The molecule has 8 heteroatoms. The minimum Gasteiger partial charge on any atom is -0.469 e. The van der Waals surface area contributed by atoms with Crippen molar-refractivity contribution in [3.63, 3.8) is 0 Å². The Labute approximate surface area is 129 Å². The van der Waals surface area contributed by atoms with E-state index >= 15 is 0 Å². The van der Waals surface area contributed by atoms with Gasteiger partial charge >= 0.3 is 6.18 Å². The van der Waals surface area contributed by atoms with Crippen molar-refractivity contribution in [3.8, 4) is 0 Å². The minimum atomic E-state index is -4.51. The van der Waals surface area contributed by atoms with Gasteiger partial charge in [0, 0.05) is 0 Å². The van der Waals surface area contributed by atoms with Gasteiger partial charge in [-0.2, -0.15) is 13.2 Å². The summed E-state index contributed by atoms with van der Waals surface area (Å²) in [6.45, 7) is 0.145. The van der Waals surface area contributed by atoms with Crippen molar-refractivity contribution in [1.82, 2.24) is 5.32 Å². The number of nitrogens with one attached hydrogen (secondary N) is 2. The lowest BCUT2D eigenvalue weighted by Gasteiger charge is -2.12. The number of carbonyl (C=O) groups excluding carboxylic acids is 2. The van der Waals surface area contributed by atoms with E-state index in [4.69, 9.17) is 4.42 Å². The van der Waals surface area contributed by atoms with Crippen LogP contribution in [0.15, 0.2) is 41.0 Å². The van der Waals surface area contributed by atoms with Crippen molar-refractivity contribution in [3.05, 3.63) is 53.5 Å². The molecule has 0 saturated carbocycles. The van der Waals surface area contributed by atoms with E-state index in [9.17, 15) is 22.8 Å². The number of alkyl halides is 3. The van der Waals surface area contributed by atoms with Gasteiger partial charge in [-0.25, -0.2) is 0 Å². The van der Waals surface area contributed by atoms with Gasteiger partial charge < -0.3 is 15.1 Å². The lowest BCUT2D eigenvalue weighted by Crippen LogP contribution is -2.34. The van der Waals surface area contributed by atoms with Crippen LogP contribution in [-0.4, -0.2) is 24.5 Å². The maximum atomic E-state index is 12.2. The summed E-state index contributed by atoms with van der Waals surface area (Å²) in [5, 5.41) is 4.26. The second kappa shape index (κ2) is 6.55. The zero-order valence-corrected chi connectivity index (χ0v) is 12.0. The summed E-state index contributed by atoms with van der Waals surface area (Å²) in [5.74, 6) is -1.06. The monoisotopic (exact) mass is 326 g/mol. The average molecular weight is 326 g/mol. The van der Waals surface area contributed by atoms with Gasteiger partial charge in [-0.15, -0.1) is 0 Å². The quantitative estimate of drug-likeness (QED) is 0.907. The van der Waals surface area contributed by atoms with E-state index < -0.39 is 24.5 Å². The number of hydrogen-bond acceptors (Lipinski definition) is 3. The fraction of sp³-hybridized carbons (Fsp3) is 0.200. The summed E-state index contributed by atoms with van der Waals surface area (Å²) >= 11 is 0. The minimum absolute atomic E-state index is 0.0637. The molecule has 2 amide bonds. The summed E-state index contributed by atoms with van der Waals surface area (Å²) in [7, 11) is 0. The van der Waals surface area contributed by atoms with Crippen LogP contribution in [0.3, 0.4) is 0 Å². The Morgan fingerprint density at radius 1 is 1.09 bits per heavy atom. The van der Waals surface area contributed by atoms with E-state index in [-0.39, 0.29) is 16.8 Å². The molecule has 1 aromatic carbocycles. The molecule has 0 aliphatic heterocycles. The molecule has 1 heterocycles. The Morgan fingerprint density at radius 2 is 1.78 bits per heavy atom. The SMILES string of the molecule is Cc1occc1C(=O)Nc1ccccc1C(=O)NCC(F)(F)F. The molecular formula is C15H13F3N2O3. The van der Waals surface area contributed by atoms with Gasteiger partial charge in [0.25, 0.3) is 11.8 Å². The van der Waals surface area contributed by atoms with Gasteiger partial charge in [-0.1, -0.05) is 12.1 Å². The highest BCUT2D eigenvalue weighted by Gasteiger charge is 2.28. The van der Waals surface area contributed by atoms with Crippen molar-refractivity contribution in [2.24, 2.45) is 0 Å². The van der Waals surface area contributed by atoms with Crippen LogP contribution in [0.4, 0.5) is 18.9 Å². The van der Waals surface area contributed by atoms with Crippen LogP contribution in [0.25, 0.3) is 0 Å². The van der Waals surface area contributed by atoms with E-state index in [1.807, 2.05) is 0 Å². The maximum Gasteiger partial charge on any atom is 0.405 e. The predicted molar refractivity (Wildman–Crippen MR) is 76.2 cm³/mol. The van der Waals surface area contributed by atoms with Crippen LogP contribution in [0.2, 0.25) is 0 Å². The predicted octanol–water partition coefficient (Wildman–Crippen LogP) is 3.13. The Morgan fingerprint density at radius 3 is 2.39 bits per heavy atom. The van der Waals surface area contributed by atoms with Crippen molar-refractivity contribution in [1.29, 1.82) is 0 Å². The molecule has 0 fully saturated rings. The largest absolute Gasteiger partial charge is 0.469 e. The molecular weight excluding hydrogens is 313 g/mol. The van der Waals surface area contributed by atoms with E-state index in [2.05, 4.69) is 5.32 Å². The standard InChI is InChI=1S/C15H13F3N2O3/c1-9-10(6-7-23-9)14(22)20-12-5-3-2-4-11(12)13(21)19-8-15(16,17)18/h2-7H,8H2,1H3,(H,19,21)(H,20,22). The summed E-state index contributed by atoms with van der Waals surface area (Å²) in [4.78, 5) is 24.0. The van der Waals surface area contributed by atoms with E-state index in [1.165, 1.54) is 30.5 Å². The molecule has 2 rings (SSSR count). The topological polar surface area (TPSA) is 71.3 Å². The van der Waals surface area contributed by atoms with Crippen molar-refractivity contribution in [2.45, 2.75) is 13.1 Å². The molecule has 0 spiro atoms. The Bertz CT molecular complexity index is 723. The van der Waals surface area contributed by atoms with Gasteiger partial charge in [0.15, 0.2) is 0 Å². The molecule has 0 aliphatic rings. The summed E-state index contributed by atoms with van der Waals surface area (Å²) in [5.41, 5.74) is 0.319. The maximum absolute atomic E-state index is 12.2. The van der Waals surface area contributed by atoms with Gasteiger partial charge in [0.1, 0.15) is 12.3 Å². The highest BCUT2D eigenvalue weighted by molar-refractivity contribution is 6.09. The first kappa shape index (κ1) is 16.6. The molecule has 0 aliphatic carbocycles. The Balaban J connectivity index is 2.16. The number of carbonyl (C=O) groups is 2. The molecule has 0 atom stereocenters. The zero-order chi connectivity index (χ0) is 17.0. The highest BCUT2D eigenvalue weighted by atomic mass is 19.4. The molecule has 5 nitrogen and oxygen atoms in total. The first-order valence-electron chi connectivity index (χ1n) is 6.57. The number of rotatable bonds is 4. The van der Waals surface area contributed by atoms with Crippen LogP contribution < -0.4 is 10.6 Å². The number of amides is 2. The number of para-hydroxylation sites is 1. The van der Waals surface area contributed by atoms with E-state index in [1.54, 1.807) is 18.3 Å². The molecule has 0 radical (unpaired) electrons. The molecule has 2 aromatic rings. The molecule has 0 unspecified atom stereocenters. The summed E-state index contributed by atoms with van der Waals surface area (Å²) in [6, 6.07) is 7.25. The number of hydrogen-bond donors (Lipinski definition) is 2. The van der Waals surface area contributed by atoms with E-state index in [0.717, 1.165) is 0 Å². The number of furan rings is 1. The third-order valence-electron chi connectivity index (χ3n) is 2.97. The third kappa shape index (κ3) is 4.35. The van der Waals surface area contributed by atoms with Gasteiger partial charge in [0.2, 0.25) is 0 Å². The highest BCUT2D eigenvalue weighted by Crippen LogP contribution is 2.19. The van der Waals surface area contributed by atoms with Gasteiger partial charge in [0.05, 0.1) is 23.1 Å². The molecule has 1 aromatic heterocycles. The van der Waals surface area contributed by atoms with Crippen molar-refractivity contribution in [2.75, 3.05) is 11.9 Å². The second-order valence-electron chi connectivity index (χ2n) is 4.69. The van der Waals surface area contributed by atoms with Crippen molar-refractivity contribution < 1.29 is 27.2 Å². The first-order valence-corrected chi connectivity index (χ1v) is 6.57. The first-order chi connectivity index (χ1) is 10.8. The fourth-order valence-electron chi connectivity index (χ4n) is 1.88. The number of aryl methyl sites for hydroxylation is 1. The van der Waals surface area contributed by atoms with Crippen molar-refractivity contribution >= 4 is 17.5 Å². The summed E-state index contributed by atoms with van der Waals surface area (Å²) < 4.78 is 41.5. The number of halogens is 3. The second-order valence-corrected chi connectivity index (χ2v) is 4.69. The van der Waals surface area contributed by atoms with Crippen LogP contribution in [-0.2, 0) is 0 Å². The molecule has 0 saturated heterocycles. The lowest BCUT2D eigenvalue weighted by atomic mass is 10.1. The molecule has 122 valence electrons. The molecule has 0 bridgehead atoms. The smallest absolute Gasteiger partial charge is 0.405 e. The number of benzene rings is 1. The van der Waals surface area contributed by atoms with Crippen LogP contribution >= 0.6 is 0 Å². The molecule has 2 N–H and O–H groups in total. The van der Waals surface area contributed by atoms with Crippen LogP contribution in [0.5, 0.6) is 0 Å². The van der Waals surface area contributed by atoms with Crippen LogP contribution in [0, 0.1) is 6.92 Å². The van der Waals surface area contributed by atoms with Gasteiger partial charge in [-0.05, 0) is 25.1 Å². The van der Waals surface area contributed by atoms with Crippen LogP contribution in [0.1, 0.15) is 26.5 Å².